The van der Waals surface area contributed by atoms with Crippen LogP contribution >= 0.6 is 0 Å². The smallest absolute Gasteiger partial charge is 0.183 e. The van der Waals surface area contributed by atoms with Gasteiger partial charge in [0.05, 0.1) is 16.0 Å². The molecule has 1 aliphatic rings. The molecule has 0 unspecified atom stereocenters. The summed E-state index contributed by atoms with van der Waals surface area (Å²) in [5.74, 6) is -0.0223. The zero-order valence-electron chi connectivity index (χ0n) is 17.4. The Labute approximate surface area is 168 Å². The summed E-state index contributed by atoms with van der Waals surface area (Å²) < 4.78 is 15.1. The first-order valence-electron chi connectivity index (χ1n) is 9.69. The molecular weight excluding hydrogens is 368 g/mol. The fraction of sp³-hybridized carbons (Fsp3) is 0.435. The molecule has 28 heavy (non-hydrogen) atoms. The maximum Gasteiger partial charge on any atom is 0.183 e. The molecule has 150 valence electrons. The van der Waals surface area contributed by atoms with Crippen LogP contribution < -0.4 is 0 Å². The van der Waals surface area contributed by atoms with E-state index in [2.05, 4.69) is 25.9 Å². The molecule has 1 heterocycles. The van der Waals surface area contributed by atoms with Crippen LogP contribution in [0.25, 0.3) is 5.70 Å². The van der Waals surface area contributed by atoms with Crippen LogP contribution in [0, 0.1) is 5.41 Å². The summed E-state index contributed by atoms with van der Waals surface area (Å²) in [6.45, 7) is 6.21. The summed E-state index contributed by atoms with van der Waals surface area (Å²) in [6.07, 6.45) is 11.4. The lowest BCUT2D eigenvalue weighted by Crippen LogP contribution is -2.48. The molecule has 0 spiro atoms. The molecule has 1 aliphatic carbocycles. The van der Waals surface area contributed by atoms with Crippen LogP contribution in [-0.2, 0) is 19.7 Å². The van der Waals surface area contributed by atoms with Gasteiger partial charge in [-0.05, 0) is 39.4 Å². The average molecular weight is 399 g/mol. The van der Waals surface area contributed by atoms with E-state index >= 15 is 0 Å². The van der Waals surface area contributed by atoms with Gasteiger partial charge in [0.2, 0.25) is 0 Å². The first-order valence-corrected chi connectivity index (χ1v) is 12.1. The van der Waals surface area contributed by atoms with Crippen molar-refractivity contribution in [1.29, 1.82) is 0 Å². The van der Waals surface area contributed by atoms with Crippen LogP contribution in [0.15, 0.2) is 54.9 Å². The molecule has 0 bridgehead atoms. The van der Waals surface area contributed by atoms with Crippen LogP contribution in [-0.4, -0.2) is 37.1 Å². The number of carbonyl (C=O) groups excluding carboxylic acids is 1. The van der Waals surface area contributed by atoms with Gasteiger partial charge in [0, 0.05) is 24.9 Å². The van der Waals surface area contributed by atoms with Crippen LogP contribution in [0.2, 0.25) is 0 Å². The van der Waals surface area contributed by atoms with Crippen LogP contribution in [0.3, 0.4) is 0 Å². The van der Waals surface area contributed by atoms with Gasteiger partial charge in [-0.2, -0.15) is 5.10 Å². The molecule has 2 aromatic rings. The van der Waals surface area contributed by atoms with Gasteiger partial charge in [0.15, 0.2) is 5.78 Å². The summed E-state index contributed by atoms with van der Waals surface area (Å²) >= 11 is 0. The zero-order valence-corrected chi connectivity index (χ0v) is 18.3. The number of hydrogen-bond donors (Lipinski definition) is 0. The van der Waals surface area contributed by atoms with Gasteiger partial charge in [0.25, 0.3) is 0 Å². The van der Waals surface area contributed by atoms with E-state index in [4.69, 9.17) is 0 Å². The lowest BCUT2D eigenvalue weighted by atomic mass is 9.61. The molecule has 0 saturated heterocycles. The maximum atomic E-state index is 14.0. The molecule has 0 radical (unpaired) electrons. The monoisotopic (exact) mass is 398 g/mol. The summed E-state index contributed by atoms with van der Waals surface area (Å²) in [4.78, 5) is 14.4. The molecular formula is C23H30N2O2S. The van der Waals surface area contributed by atoms with E-state index in [0.717, 1.165) is 24.8 Å². The average Bonchev–Trinajstić information content (AvgIpc) is 3.06. The number of benzene rings is 1. The van der Waals surface area contributed by atoms with Gasteiger partial charge in [-0.3, -0.25) is 9.00 Å². The van der Waals surface area contributed by atoms with Crippen LogP contribution in [0.4, 0.5) is 0 Å². The van der Waals surface area contributed by atoms with Gasteiger partial charge in [0.1, 0.15) is 0 Å². The minimum atomic E-state index is -2.54. The number of rotatable bonds is 5. The van der Waals surface area contributed by atoms with E-state index in [9.17, 15) is 9.00 Å². The van der Waals surface area contributed by atoms with E-state index in [-0.39, 0.29) is 11.2 Å². The highest BCUT2D eigenvalue weighted by Gasteiger charge is 2.48. The Bertz CT molecular complexity index is 991. The van der Waals surface area contributed by atoms with E-state index < -0.39 is 14.9 Å². The van der Waals surface area contributed by atoms with Gasteiger partial charge < -0.3 is 0 Å². The van der Waals surface area contributed by atoms with Gasteiger partial charge in [-0.1, -0.05) is 63.6 Å². The van der Waals surface area contributed by atoms with Gasteiger partial charge >= 0.3 is 0 Å². The van der Waals surface area contributed by atoms with Crippen molar-refractivity contribution in [3.05, 3.63) is 60.4 Å². The van der Waals surface area contributed by atoms with Crippen molar-refractivity contribution in [3.8, 4) is 0 Å². The Morgan fingerprint density at radius 3 is 2.21 bits per heavy atom. The van der Waals surface area contributed by atoms with Crippen molar-refractivity contribution in [2.75, 3.05) is 12.5 Å². The number of nitrogens with zero attached hydrogens (tertiary/aromatic N) is 2. The maximum absolute atomic E-state index is 14.0. The van der Waals surface area contributed by atoms with Gasteiger partial charge in [-0.15, -0.1) is 0 Å². The molecule has 1 fully saturated rings. The minimum Gasteiger partial charge on any atom is -0.292 e. The fourth-order valence-corrected chi connectivity index (χ4v) is 5.10. The Balaban J connectivity index is 2.23. The van der Waals surface area contributed by atoms with Crippen molar-refractivity contribution in [3.63, 3.8) is 0 Å². The lowest BCUT2D eigenvalue weighted by Gasteiger charge is -2.42. The Morgan fingerprint density at radius 2 is 1.79 bits per heavy atom. The largest absolute Gasteiger partial charge is 0.292 e. The second-order valence-corrected chi connectivity index (χ2v) is 11.9. The molecule has 0 amide bonds. The molecule has 3 rings (SSSR count). The molecule has 1 saturated carbocycles. The highest BCUT2D eigenvalue weighted by atomic mass is 32.2. The van der Waals surface area contributed by atoms with E-state index in [1.807, 2.05) is 48.7 Å². The highest BCUT2D eigenvalue weighted by Crippen LogP contribution is 2.45. The molecule has 1 aromatic carbocycles. The SMILES string of the molecule is CC(C)(C)/C=C(\C(C(=O)C1(c2ccccc2)CCC1)=S(C)(C)=O)n1cccn1. The summed E-state index contributed by atoms with van der Waals surface area (Å²) in [5, 5.41) is 4.37. The third-order valence-corrected chi connectivity index (χ3v) is 6.60. The van der Waals surface area contributed by atoms with Crippen molar-refractivity contribution in [2.24, 2.45) is 5.41 Å². The first kappa shape index (κ1) is 20.6. The van der Waals surface area contributed by atoms with E-state index in [1.54, 1.807) is 23.4 Å². The summed E-state index contributed by atoms with van der Waals surface area (Å²) in [7, 11) is -2.54. The molecule has 1 aromatic heterocycles. The van der Waals surface area contributed by atoms with Crippen LogP contribution in [0.5, 0.6) is 0 Å². The first-order chi connectivity index (χ1) is 13.0. The van der Waals surface area contributed by atoms with E-state index in [1.165, 1.54) is 0 Å². The number of Topliss-reactive ketones (excluding diaryl/α,β-unsaturated/α-hetero) is 1. The normalized spacial score (nSPS) is 17.1. The van der Waals surface area contributed by atoms with E-state index in [0.29, 0.717) is 10.6 Å². The fourth-order valence-electron chi connectivity index (χ4n) is 3.80. The molecule has 5 heteroatoms. The predicted molar refractivity (Wildman–Crippen MR) is 118 cm³/mol. The number of allylic oxidation sites excluding steroid dienone is 2. The number of carbonyl (C=O) groups is 1. The summed E-state index contributed by atoms with van der Waals surface area (Å²) in [6, 6.07) is 11.8. The highest BCUT2D eigenvalue weighted by molar-refractivity contribution is 8.03. The molecule has 0 N–H and O–H groups in total. The number of aromatic nitrogens is 2. The number of hydrogen-bond acceptors (Lipinski definition) is 3. The van der Waals surface area contributed by atoms with Gasteiger partial charge in [-0.25, -0.2) is 4.68 Å². The Morgan fingerprint density at radius 1 is 1.14 bits per heavy atom. The minimum absolute atomic E-state index is 0.0223. The second kappa shape index (κ2) is 7.36. The molecule has 4 nitrogen and oxygen atoms in total. The standard InChI is InChI=1S/C23H30N2O2S/c1-22(2,3)17-19(25-16-10-15-24-25)20(28(4,5)27)21(26)23(13-9-14-23)18-11-7-6-8-12-18/h6-8,10-12,15-17H,9,13-14H2,1-5H3/b19-17+. The molecule has 0 aliphatic heterocycles. The van der Waals surface area contributed by atoms with Crippen molar-refractivity contribution in [1.82, 2.24) is 9.78 Å². The van der Waals surface area contributed by atoms with Crippen molar-refractivity contribution in [2.45, 2.75) is 45.4 Å². The zero-order chi connectivity index (χ0) is 20.6. The Kier molecular flexibility index (Phi) is 5.41. The lowest BCUT2D eigenvalue weighted by molar-refractivity contribution is -0.120. The second-order valence-electron chi connectivity index (χ2n) is 9.04. The Hall–Kier alpha value is -2.14. The topological polar surface area (TPSA) is 52.0 Å². The quantitative estimate of drug-likeness (QED) is 0.561. The molecule has 0 atom stereocenters. The third-order valence-electron chi connectivity index (χ3n) is 5.22. The van der Waals surface area contributed by atoms with Crippen molar-refractivity contribution >= 4 is 25.9 Å². The third kappa shape index (κ3) is 4.00. The van der Waals surface area contributed by atoms with Crippen LogP contribution in [0.1, 0.15) is 45.6 Å². The van der Waals surface area contributed by atoms with Crippen molar-refractivity contribution < 1.29 is 9.00 Å². The predicted octanol–water partition coefficient (Wildman–Crippen LogP) is 4.18. The summed E-state index contributed by atoms with van der Waals surface area (Å²) in [5.41, 5.74) is 0.870. The number of ketones is 1.